The monoisotopic (exact) mass is 362 g/mol. The number of benzene rings is 2. The highest BCUT2D eigenvalue weighted by atomic mass is 19.1. The minimum Gasteiger partial charge on any atom is -0.493 e. The molecule has 0 bridgehead atoms. The fourth-order valence-electron chi connectivity index (χ4n) is 2.58. The van der Waals surface area contributed by atoms with Crippen molar-refractivity contribution < 1.29 is 23.4 Å². The summed E-state index contributed by atoms with van der Waals surface area (Å²) < 4.78 is 29.2. The lowest BCUT2D eigenvalue weighted by Crippen LogP contribution is -2.36. The fourth-order valence-corrected chi connectivity index (χ4v) is 2.58. The van der Waals surface area contributed by atoms with E-state index in [-0.39, 0.29) is 24.4 Å². The molecule has 0 aliphatic rings. The van der Waals surface area contributed by atoms with Crippen LogP contribution in [0, 0.1) is 5.82 Å². The van der Waals surface area contributed by atoms with Crippen LogP contribution in [0.25, 0.3) is 0 Å². The Kier molecular flexibility index (Phi) is 6.66. The zero-order valence-corrected chi connectivity index (χ0v) is 15.3. The maximum absolute atomic E-state index is 13.3. The van der Waals surface area contributed by atoms with Crippen LogP contribution in [-0.2, 0) is 6.54 Å². The van der Waals surface area contributed by atoms with Gasteiger partial charge in [-0.05, 0) is 36.8 Å². The van der Waals surface area contributed by atoms with E-state index in [1.165, 1.54) is 33.5 Å². The minimum absolute atomic E-state index is 0.227. The molecule has 0 saturated carbocycles. The van der Waals surface area contributed by atoms with Gasteiger partial charge in [0.1, 0.15) is 5.82 Å². The topological polar surface area (TPSA) is 68.8 Å². The largest absolute Gasteiger partial charge is 0.493 e. The number of rotatable bonds is 7. The number of amides is 2. The van der Waals surface area contributed by atoms with E-state index in [1.54, 1.807) is 31.2 Å². The van der Waals surface area contributed by atoms with Gasteiger partial charge in [0.2, 0.25) is 5.75 Å². The Balaban J connectivity index is 2.03. The molecule has 140 valence electrons. The van der Waals surface area contributed by atoms with Gasteiger partial charge >= 0.3 is 6.03 Å². The summed E-state index contributed by atoms with van der Waals surface area (Å²) in [5.41, 5.74) is 1.42. The zero-order valence-electron chi connectivity index (χ0n) is 15.3. The van der Waals surface area contributed by atoms with Crippen LogP contribution in [0.4, 0.5) is 9.18 Å². The Morgan fingerprint density at radius 2 is 1.81 bits per heavy atom. The van der Waals surface area contributed by atoms with Crippen molar-refractivity contribution in [3.05, 3.63) is 53.3 Å². The lowest BCUT2D eigenvalue weighted by atomic mass is 10.1. The molecule has 0 heterocycles. The highest BCUT2D eigenvalue weighted by Crippen LogP contribution is 2.39. The molecule has 2 aromatic rings. The van der Waals surface area contributed by atoms with Crippen molar-refractivity contribution in [3.8, 4) is 17.2 Å². The Morgan fingerprint density at radius 3 is 2.42 bits per heavy atom. The van der Waals surface area contributed by atoms with E-state index in [2.05, 4.69) is 10.6 Å². The van der Waals surface area contributed by atoms with Gasteiger partial charge in [0, 0.05) is 12.1 Å². The van der Waals surface area contributed by atoms with Crippen molar-refractivity contribution in [1.29, 1.82) is 0 Å². The zero-order chi connectivity index (χ0) is 19.1. The number of ether oxygens (including phenoxy) is 3. The van der Waals surface area contributed by atoms with Gasteiger partial charge in [-0.1, -0.05) is 12.1 Å². The summed E-state index contributed by atoms with van der Waals surface area (Å²) in [4.78, 5) is 12.1. The summed E-state index contributed by atoms with van der Waals surface area (Å²) in [6.07, 6.45) is 0. The Hall–Kier alpha value is -2.96. The van der Waals surface area contributed by atoms with Gasteiger partial charge in [0.15, 0.2) is 11.5 Å². The molecule has 0 fully saturated rings. The number of methoxy groups -OCH3 is 3. The second kappa shape index (κ2) is 8.94. The lowest BCUT2D eigenvalue weighted by molar-refractivity contribution is 0.237. The molecule has 0 aliphatic heterocycles. The van der Waals surface area contributed by atoms with Gasteiger partial charge in [-0.3, -0.25) is 0 Å². The van der Waals surface area contributed by atoms with Gasteiger partial charge in [-0.25, -0.2) is 9.18 Å². The number of halogens is 1. The van der Waals surface area contributed by atoms with Crippen molar-refractivity contribution in [3.63, 3.8) is 0 Å². The molecule has 0 aliphatic carbocycles. The maximum atomic E-state index is 13.3. The van der Waals surface area contributed by atoms with Crippen LogP contribution in [0.15, 0.2) is 36.4 Å². The van der Waals surface area contributed by atoms with Crippen LogP contribution < -0.4 is 24.8 Å². The molecule has 2 amide bonds. The van der Waals surface area contributed by atoms with E-state index in [0.717, 1.165) is 5.56 Å². The second-order valence-electron chi connectivity index (χ2n) is 5.60. The first-order valence-electron chi connectivity index (χ1n) is 8.07. The SMILES string of the molecule is COc1ccc(CNC(=O)NC(C)c2cccc(F)c2)c(OC)c1OC. The molecule has 7 heteroatoms. The molecule has 0 spiro atoms. The predicted molar refractivity (Wildman–Crippen MR) is 96.3 cm³/mol. The van der Waals surface area contributed by atoms with Crippen LogP contribution in [0.1, 0.15) is 24.1 Å². The number of hydrogen-bond donors (Lipinski definition) is 2. The van der Waals surface area contributed by atoms with E-state index >= 15 is 0 Å². The molecule has 0 saturated heterocycles. The van der Waals surface area contributed by atoms with Gasteiger partial charge in [0.25, 0.3) is 0 Å². The quantitative estimate of drug-likeness (QED) is 0.792. The van der Waals surface area contributed by atoms with Crippen LogP contribution in [-0.4, -0.2) is 27.4 Å². The van der Waals surface area contributed by atoms with Crippen LogP contribution in [0.5, 0.6) is 17.2 Å². The number of carbonyl (C=O) groups is 1. The molecule has 1 unspecified atom stereocenters. The molecule has 0 radical (unpaired) electrons. The third kappa shape index (κ3) is 4.56. The second-order valence-corrected chi connectivity index (χ2v) is 5.60. The lowest BCUT2D eigenvalue weighted by Gasteiger charge is -2.18. The summed E-state index contributed by atoms with van der Waals surface area (Å²) in [5, 5.41) is 5.53. The van der Waals surface area contributed by atoms with Crippen molar-refractivity contribution in [1.82, 2.24) is 10.6 Å². The minimum atomic E-state index is -0.376. The average molecular weight is 362 g/mol. The molecule has 6 nitrogen and oxygen atoms in total. The molecule has 1 atom stereocenters. The summed E-state index contributed by atoms with van der Waals surface area (Å²) in [6, 6.07) is 8.93. The third-order valence-electron chi connectivity index (χ3n) is 3.92. The predicted octanol–water partition coefficient (Wildman–Crippen LogP) is 3.41. The Bertz CT molecular complexity index is 767. The summed E-state index contributed by atoms with van der Waals surface area (Å²) in [6.45, 7) is 2.01. The number of hydrogen-bond acceptors (Lipinski definition) is 4. The molecular weight excluding hydrogens is 339 g/mol. The standard InChI is InChI=1S/C19H23FN2O4/c1-12(13-6-5-7-15(20)10-13)22-19(23)21-11-14-8-9-16(24-2)18(26-4)17(14)25-3/h5-10,12H,11H2,1-4H3,(H2,21,22,23). The van der Waals surface area contributed by atoms with Gasteiger partial charge in [0.05, 0.1) is 27.4 Å². The van der Waals surface area contributed by atoms with Crippen molar-refractivity contribution in [2.24, 2.45) is 0 Å². The van der Waals surface area contributed by atoms with Gasteiger partial charge in [-0.2, -0.15) is 0 Å². The number of carbonyl (C=O) groups excluding carboxylic acids is 1. The summed E-state index contributed by atoms with van der Waals surface area (Å²) in [5.74, 6) is 1.15. The maximum Gasteiger partial charge on any atom is 0.315 e. The average Bonchev–Trinajstić information content (AvgIpc) is 2.65. The highest BCUT2D eigenvalue weighted by Gasteiger charge is 2.17. The normalized spacial score (nSPS) is 11.4. The van der Waals surface area contributed by atoms with E-state index < -0.39 is 0 Å². The first kappa shape index (κ1) is 19.4. The Labute approximate surface area is 152 Å². The highest BCUT2D eigenvalue weighted by molar-refractivity contribution is 5.74. The van der Waals surface area contributed by atoms with Crippen molar-refractivity contribution in [2.75, 3.05) is 21.3 Å². The van der Waals surface area contributed by atoms with Crippen LogP contribution >= 0.6 is 0 Å². The van der Waals surface area contributed by atoms with Crippen LogP contribution in [0.2, 0.25) is 0 Å². The first-order chi connectivity index (χ1) is 12.5. The first-order valence-corrected chi connectivity index (χ1v) is 8.07. The van der Waals surface area contributed by atoms with E-state index in [1.807, 2.05) is 0 Å². The van der Waals surface area contributed by atoms with E-state index in [0.29, 0.717) is 22.8 Å². The van der Waals surface area contributed by atoms with E-state index in [9.17, 15) is 9.18 Å². The molecule has 2 rings (SSSR count). The Morgan fingerprint density at radius 1 is 1.08 bits per heavy atom. The molecule has 0 aromatic heterocycles. The molecular formula is C19H23FN2O4. The molecule has 2 aromatic carbocycles. The smallest absolute Gasteiger partial charge is 0.315 e. The van der Waals surface area contributed by atoms with E-state index in [4.69, 9.17) is 14.2 Å². The van der Waals surface area contributed by atoms with Crippen molar-refractivity contribution in [2.45, 2.75) is 19.5 Å². The fraction of sp³-hybridized carbons (Fsp3) is 0.316. The van der Waals surface area contributed by atoms with Crippen molar-refractivity contribution >= 4 is 6.03 Å². The molecule has 26 heavy (non-hydrogen) atoms. The van der Waals surface area contributed by atoms with Crippen LogP contribution in [0.3, 0.4) is 0 Å². The van der Waals surface area contributed by atoms with Gasteiger partial charge < -0.3 is 24.8 Å². The molecule has 2 N–H and O–H groups in total. The summed E-state index contributed by atoms with van der Waals surface area (Å²) >= 11 is 0. The third-order valence-corrected chi connectivity index (χ3v) is 3.92. The summed E-state index contributed by atoms with van der Waals surface area (Å²) in [7, 11) is 4.58. The number of nitrogens with one attached hydrogen (secondary N) is 2. The number of urea groups is 1. The van der Waals surface area contributed by atoms with Gasteiger partial charge in [-0.15, -0.1) is 0 Å².